The Morgan fingerprint density at radius 1 is 1.33 bits per heavy atom. The highest BCUT2D eigenvalue weighted by atomic mass is 16.5. The molecule has 0 amide bonds. The SMILES string of the molecule is COCc1cccc(-c2cc(NC3CCOC3)c3c(cnn3C(C)C)n2)c1. The second kappa shape index (κ2) is 7.66. The van der Waals surface area contributed by atoms with Crippen molar-refractivity contribution in [1.29, 1.82) is 0 Å². The van der Waals surface area contributed by atoms with Gasteiger partial charge < -0.3 is 14.8 Å². The van der Waals surface area contributed by atoms with E-state index in [9.17, 15) is 0 Å². The summed E-state index contributed by atoms with van der Waals surface area (Å²) in [6, 6.07) is 11.0. The molecule has 1 aliphatic heterocycles. The van der Waals surface area contributed by atoms with E-state index in [0.29, 0.717) is 12.6 Å². The number of methoxy groups -OCH3 is 1. The Kier molecular flexibility index (Phi) is 5.09. The highest BCUT2D eigenvalue weighted by Gasteiger charge is 2.20. The third-order valence-corrected chi connectivity index (χ3v) is 4.87. The van der Waals surface area contributed by atoms with Gasteiger partial charge in [0, 0.05) is 25.3 Å². The number of pyridine rings is 1. The molecule has 0 radical (unpaired) electrons. The Bertz CT molecular complexity index is 929. The van der Waals surface area contributed by atoms with Crippen LogP contribution in [0.4, 0.5) is 5.69 Å². The first kappa shape index (κ1) is 17.9. The number of rotatable bonds is 6. The summed E-state index contributed by atoms with van der Waals surface area (Å²) in [5.74, 6) is 0. The van der Waals surface area contributed by atoms with Crippen molar-refractivity contribution < 1.29 is 9.47 Å². The average Bonchev–Trinajstić information content (AvgIpc) is 3.31. The standard InChI is InChI=1S/C21H26N4O2/c1-14(2)25-21-19(23-17-7-8-27-13-17)10-18(24-20(21)11-22-25)16-6-4-5-15(9-16)12-26-3/h4-6,9-11,14,17H,7-8,12-13H2,1-3H3,(H,23,24). The summed E-state index contributed by atoms with van der Waals surface area (Å²) in [4.78, 5) is 4.89. The third kappa shape index (κ3) is 3.68. The van der Waals surface area contributed by atoms with Crippen molar-refractivity contribution in [2.24, 2.45) is 0 Å². The van der Waals surface area contributed by atoms with Gasteiger partial charge in [-0.05, 0) is 38.0 Å². The number of nitrogens with zero attached hydrogens (tertiary/aromatic N) is 3. The highest BCUT2D eigenvalue weighted by molar-refractivity contribution is 5.91. The fourth-order valence-electron chi connectivity index (χ4n) is 3.57. The van der Waals surface area contributed by atoms with E-state index >= 15 is 0 Å². The van der Waals surface area contributed by atoms with Gasteiger partial charge in [-0.15, -0.1) is 0 Å². The first-order valence-corrected chi connectivity index (χ1v) is 9.46. The number of hydrogen-bond acceptors (Lipinski definition) is 5. The molecule has 0 bridgehead atoms. The van der Waals surface area contributed by atoms with Gasteiger partial charge in [0.25, 0.3) is 0 Å². The van der Waals surface area contributed by atoms with E-state index in [1.54, 1.807) is 7.11 Å². The molecule has 0 aliphatic carbocycles. The average molecular weight is 366 g/mol. The molecule has 27 heavy (non-hydrogen) atoms. The topological polar surface area (TPSA) is 61.2 Å². The van der Waals surface area contributed by atoms with Gasteiger partial charge in [0.1, 0.15) is 11.0 Å². The van der Waals surface area contributed by atoms with E-state index in [0.717, 1.165) is 53.2 Å². The van der Waals surface area contributed by atoms with E-state index in [1.807, 2.05) is 16.9 Å². The Morgan fingerprint density at radius 2 is 2.22 bits per heavy atom. The van der Waals surface area contributed by atoms with Gasteiger partial charge in [0.2, 0.25) is 0 Å². The molecule has 1 saturated heterocycles. The van der Waals surface area contributed by atoms with E-state index in [-0.39, 0.29) is 6.04 Å². The first-order valence-electron chi connectivity index (χ1n) is 9.46. The number of hydrogen-bond donors (Lipinski definition) is 1. The van der Waals surface area contributed by atoms with E-state index in [4.69, 9.17) is 14.5 Å². The Hall–Kier alpha value is -2.44. The second-order valence-electron chi connectivity index (χ2n) is 7.31. The zero-order valence-corrected chi connectivity index (χ0v) is 16.1. The van der Waals surface area contributed by atoms with Crippen LogP contribution in [-0.2, 0) is 16.1 Å². The fourth-order valence-corrected chi connectivity index (χ4v) is 3.57. The largest absolute Gasteiger partial charge is 0.380 e. The van der Waals surface area contributed by atoms with Gasteiger partial charge in [0.05, 0.1) is 36.8 Å². The van der Waals surface area contributed by atoms with Crippen LogP contribution < -0.4 is 5.32 Å². The van der Waals surface area contributed by atoms with Gasteiger partial charge in [-0.3, -0.25) is 4.68 Å². The second-order valence-corrected chi connectivity index (χ2v) is 7.31. The van der Waals surface area contributed by atoms with Crippen LogP contribution in [0.25, 0.3) is 22.3 Å². The number of ether oxygens (including phenoxy) is 2. The summed E-state index contributed by atoms with van der Waals surface area (Å²) < 4.78 is 12.8. The van der Waals surface area contributed by atoms with E-state index in [2.05, 4.69) is 48.5 Å². The maximum Gasteiger partial charge on any atom is 0.111 e. The highest BCUT2D eigenvalue weighted by Crippen LogP contribution is 2.31. The minimum Gasteiger partial charge on any atom is -0.380 e. The van der Waals surface area contributed by atoms with Crippen molar-refractivity contribution in [3.8, 4) is 11.3 Å². The molecular formula is C21H26N4O2. The van der Waals surface area contributed by atoms with Crippen LogP contribution in [0.3, 0.4) is 0 Å². The minimum atomic E-state index is 0.264. The lowest BCUT2D eigenvalue weighted by molar-refractivity contribution is 0.185. The lowest BCUT2D eigenvalue weighted by Gasteiger charge is -2.17. The minimum absolute atomic E-state index is 0.264. The van der Waals surface area contributed by atoms with Crippen LogP contribution in [0.5, 0.6) is 0 Å². The summed E-state index contributed by atoms with van der Waals surface area (Å²) in [7, 11) is 1.71. The van der Waals surface area contributed by atoms with Gasteiger partial charge in [-0.2, -0.15) is 5.10 Å². The smallest absolute Gasteiger partial charge is 0.111 e. The first-order chi connectivity index (χ1) is 13.2. The molecule has 6 nitrogen and oxygen atoms in total. The maximum absolute atomic E-state index is 5.54. The molecule has 0 spiro atoms. The van der Waals surface area contributed by atoms with Crippen molar-refractivity contribution in [2.75, 3.05) is 25.6 Å². The molecule has 1 fully saturated rings. The van der Waals surface area contributed by atoms with E-state index < -0.39 is 0 Å². The Labute approximate surface area is 159 Å². The van der Waals surface area contributed by atoms with Gasteiger partial charge >= 0.3 is 0 Å². The van der Waals surface area contributed by atoms with Gasteiger partial charge in [-0.25, -0.2) is 4.98 Å². The molecule has 1 unspecified atom stereocenters. The number of nitrogens with one attached hydrogen (secondary N) is 1. The molecule has 142 valence electrons. The zero-order valence-electron chi connectivity index (χ0n) is 16.1. The maximum atomic E-state index is 5.54. The summed E-state index contributed by atoms with van der Waals surface area (Å²) in [5, 5.41) is 8.24. The zero-order chi connectivity index (χ0) is 18.8. The molecule has 1 aromatic carbocycles. The number of fused-ring (bicyclic) bond motifs is 1. The molecule has 3 aromatic rings. The van der Waals surface area contributed by atoms with Crippen molar-refractivity contribution in [2.45, 2.75) is 39.0 Å². The molecule has 1 N–H and O–H groups in total. The molecule has 2 aromatic heterocycles. The molecule has 0 saturated carbocycles. The molecular weight excluding hydrogens is 340 g/mol. The van der Waals surface area contributed by atoms with Crippen LogP contribution in [0.1, 0.15) is 31.9 Å². The summed E-state index contributed by atoms with van der Waals surface area (Å²) in [5.41, 5.74) is 6.16. The summed E-state index contributed by atoms with van der Waals surface area (Å²) in [6.07, 6.45) is 2.87. The predicted molar refractivity (Wildman–Crippen MR) is 107 cm³/mol. The van der Waals surface area contributed by atoms with Crippen LogP contribution in [-0.4, -0.2) is 41.1 Å². The third-order valence-electron chi connectivity index (χ3n) is 4.87. The number of benzene rings is 1. The van der Waals surface area contributed by atoms with Crippen molar-refractivity contribution >= 4 is 16.7 Å². The van der Waals surface area contributed by atoms with Crippen molar-refractivity contribution in [1.82, 2.24) is 14.8 Å². The van der Waals surface area contributed by atoms with Crippen molar-refractivity contribution in [3.63, 3.8) is 0 Å². The monoisotopic (exact) mass is 366 g/mol. The summed E-state index contributed by atoms with van der Waals surface area (Å²) in [6.45, 7) is 6.40. The van der Waals surface area contributed by atoms with Crippen LogP contribution in [0, 0.1) is 0 Å². The number of anilines is 1. The van der Waals surface area contributed by atoms with Crippen LogP contribution >= 0.6 is 0 Å². The van der Waals surface area contributed by atoms with Crippen LogP contribution in [0.2, 0.25) is 0 Å². The predicted octanol–water partition coefficient (Wildman–Crippen LogP) is 4.03. The lowest BCUT2D eigenvalue weighted by Crippen LogP contribution is -2.20. The Morgan fingerprint density at radius 3 is 2.96 bits per heavy atom. The normalized spacial score (nSPS) is 17.1. The van der Waals surface area contributed by atoms with Gasteiger partial charge in [-0.1, -0.05) is 18.2 Å². The molecule has 6 heteroatoms. The number of aromatic nitrogens is 3. The molecule has 3 heterocycles. The molecule has 1 atom stereocenters. The van der Waals surface area contributed by atoms with Crippen LogP contribution in [0.15, 0.2) is 36.5 Å². The fraction of sp³-hybridized carbons (Fsp3) is 0.429. The quantitative estimate of drug-likeness (QED) is 0.714. The van der Waals surface area contributed by atoms with Crippen molar-refractivity contribution in [3.05, 3.63) is 42.1 Å². The van der Waals surface area contributed by atoms with E-state index in [1.165, 1.54) is 0 Å². The Balaban J connectivity index is 1.81. The molecule has 4 rings (SSSR count). The molecule has 1 aliphatic rings. The lowest BCUT2D eigenvalue weighted by atomic mass is 10.1. The summed E-state index contributed by atoms with van der Waals surface area (Å²) >= 11 is 0. The van der Waals surface area contributed by atoms with Gasteiger partial charge in [0.15, 0.2) is 0 Å².